The number of oxime groups is 1. The maximum absolute atomic E-state index is 12.0. The predicted molar refractivity (Wildman–Crippen MR) is 74.4 cm³/mol. The van der Waals surface area contributed by atoms with Crippen molar-refractivity contribution in [1.29, 1.82) is 0 Å². The van der Waals surface area contributed by atoms with Crippen LogP contribution in [0.4, 0.5) is 0 Å². The van der Waals surface area contributed by atoms with Crippen molar-refractivity contribution in [3.63, 3.8) is 0 Å². The molecule has 0 aliphatic rings. The summed E-state index contributed by atoms with van der Waals surface area (Å²) in [5, 5.41) is 16.3. The van der Waals surface area contributed by atoms with Gasteiger partial charge in [-0.15, -0.1) is 11.3 Å². The molecule has 0 unspecified atom stereocenters. The summed E-state index contributed by atoms with van der Waals surface area (Å²) < 4.78 is 0. The third-order valence-electron chi connectivity index (χ3n) is 2.53. The Bertz CT molecular complexity index is 594. The van der Waals surface area contributed by atoms with Crippen molar-refractivity contribution < 1.29 is 10.0 Å². The number of rotatable bonds is 4. The Morgan fingerprint density at radius 3 is 2.79 bits per heavy atom. The molecule has 1 aromatic carbocycles. The van der Waals surface area contributed by atoms with Gasteiger partial charge < -0.3 is 16.3 Å². The molecule has 0 aliphatic carbocycles. The Labute approximate surface area is 114 Å². The minimum Gasteiger partial charge on any atom is -0.409 e. The molecule has 0 fully saturated rings. The van der Waals surface area contributed by atoms with Gasteiger partial charge in [0.2, 0.25) is 0 Å². The van der Waals surface area contributed by atoms with Crippen molar-refractivity contribution in [1.82, 2.24) is 5.32 Å². The van der Waals surface area contributed by atoms with Crippen molar-refractivity contribution in [3.8, 4) is 0 Å². The monoisotopic (exact) mass is 275 g/mol. The van der Waals surface area contributed by atoms with Gasteiger partial charge in [0.1, 0.15) is 0 Å². The number of carbonyl (C=O) groups is 1. The molecule has 98 valence electrons. The summed E-state index contributed by atoms with van der Waals surface area (Å²) >= 11 is 1.58. The molecule has 1 amide bonds. The molecule has 0 radical (unpaired) electrons. The predicted octanol–water partition coefficient (Wildman–Crippen LogP) is 1.77. The first-order valence-corrected chi connectivity index (χ1v) is 6.47. The summed E-state index contributed by atoms with van der Waals surface area (Å²) in [5.41, 5.74) is 6.46. The molecule has 0 atom stereocenters. The second kappa shape index (κ2) is 6.01. The number of hydrogen-bond donors (Lipinski definition) is 3. The Morgan fingerprint density at radius 2 is 2.11 bits per heavy atom. The molecule has 2 aromatic rings. The molecule has 2 rings (SSSR count). The summed E-state index contributed by atoms with van der Waals surface area (Å²) in [4.78, 5) is 13.0. The van der Waals surface area contributed by atoms with Crippen LogP contribution in [-0.4, -0.2) is 17.0 Å². The van der Waals surface area contributed by atoms with Gasteiger partial charge in [-0.05, 0) is 23.6 Å². The third kappa shape index (κ3) is 3.32. The van der Waals surface area contributed by atoms with Gasteiger partial charge in [0, 0.05) is 16.0 Å². The van der Waals surface area contributed by atoms with Crippen molar-refractivity contribution in [3.05, 3.63) is 57.8 Å². The maximum atomic E-state index is 12.0. The molecule has 5 nitrogen and oxygen atoms in total. The van der Waals surface area contributed by atoms with E-state index < -0.39 is 0 Å². The molecule has 0 saturated carbocycles. The van der Waals surface area contributed by atoms with Crippen LogP contribution in [0.1, 0.15) is 20.8 Å². The van der Waals surface area contributed by atoms with Crippen molar-refractivity contribution >= 4 is 23.1 Å². The number of thiophene rings is 1. The van der Waals surface area contributed by atoms with Gasteiger partial charge in [-0.1, -0.05) is 23.4 Å². The molecule has 0 spiro atoms. The number of hydrogen-bond acceptors (Lipinski definition) is 4. The number of carbonyl (C=O) groups excluding carboxylic acids is 1. The van der Waals surface area contributed by atoms with Gasteiger partial charge in [0.25, 0.3) is 5.91 Å². The minimum atomic E-state index is -0.194. The van der Waals surface area contributed by atoms with Crippen LogP contribution in [0.3, 0.4) is 0 Å². The molecular weight excluding hydrogens is 262 g/mol. The van der Waals surface area contributed by atoms with E-state index >= 15 is 0 Å². The number of nitrogens with one attached hydrogen (secondary N) is 1. The molecular formula is C13H13N3O2S. The zero-order chi connectivity index (χ0) is 13.7. The fourth-order valence-corrected chi connectivity index (χ4v) is 2.20. The Kier molecular flexibility index (Phi) is 4.15. The lowest BCUT2D eigenvalue weighted by Gasteiger charge is -2.05. The minimum absolute atomic E-state index is 0.0205. The quantitative estimate of drug-likeness (QED) is 0.344. The summed E-state index contributed by atoms with van der Waals surface area (Å²) in [6, 6.07) is 10.5. The van der Waals surface area contributed by atoms with E-state index in [0.717, 1.165) is 4.88 Å². The van der Waals surface area contributed by atoms with Gasteiger partial charge in [0.15, 0.2) is 5.84 Å². The van der Waals surface area contributed by atoms with Gasteiger partial charge in [-0.3, -0.25) is 4.79 Å². The highest BCUT2D eigenvalue weighted by molar-refractivity contribution is 7.09. The van der Waals surface area contributed by atoms with Crippen LogP contribution < -0.4 is 11.1 Å². The molecule has 0 bridgehead atoms. The Hall–Kier alpha value is -2.34. The molecule has 6 heteroatoms. The first-order chi connectivity index (χ1) is 9.20. The highest BCUT2D eigenvalue weighted by Crippen LogP contribution is 2.09. The third-order valence-corrected chi connectivity index (χ3v) is 3.41. The van der Waals surface area contributed by atoms with Gasteiger partial charge in [-0.25, -0.2) is 0 Å². The fraction of sp³-hybridized carbons (Fsp3) is 0.0769. The SMILES string of the molecule is N/C(=N\O)c1cccc(C(=O)NCc2cccs2)c1. The van der Waals surface area contributed by atoms with Crippen LogP contribution in [0, 0.1) is 0 Å². The van der Waals surface area contributed by atoms with Crippen molar-refractivity contribution in [2.75, 3.05) is 0 Å². The van der Waals surface area contributed by atoms with E-state index in [2.05, 4.69) is 10.5 Å². The largest absolute Gasteiger partial charge is 0.409 e. The molecule has 1 aromatic heterocycles. The Balaban J connectivity index is 2.07. The summed E-state index contributed by atoms with van der Waals surface area (Å²) in [6.07, 6.45) is 0. The van der Waals surface area contributed by atoms with E-state index in [0.29, 0.717) is 17.7 Å². The second-order valence-corrected chi connectivity index (χ2v) is 4.86. The van der Waals surface area contributed by atoms with Crippen molar-refractivity contribution in [2.24, 2.45) is 10.9 Å². The molecule has 1 heterocycles. The van der Waals surface area contributed by atoms with Crippen LogP contribution in [-0.2, 0) is 6.54 Å². The van der Waals surface area contributed by atoms with Crippen molar-refractivity contribution in [2.45, 2.75) is 6.54 Å². The summed E-state index contributed by atoms with van der Waals surface area (Å²) in [7, 11) is 0. The lowest BCUT2D eigenvalue weighted by Crippen LogP contribution is -2.23. The van der Waals surface area contributed by atoms with Crippen LogP contribution in [0.2, 0.25) is 0 Å². The van der Waals surface area contributed by atoms with Gasteiger partial charge in [-0.2, -0.15) is 0 Å². The van der Waals surface area contributed by atoms with E-state index in [-0.39, 0.29) is 11.7 Å². The van der Waals surface area contributed by atoms with Crippen LogP contribution >= 0.6 is 11.3 Å². The highest BCUT2D eigenvalue weighted by atomic mass is 32.1. The summed E-state index contributed by atoms with van der Waals surface area (Å²) in [5.74, 6) is -0.214. The average Bonchev–Trinajstić information content (AvgIpc) is 2.97. The number of nitrogens with two attached hydrogens (primary N) is 1. The summed E-state index contributed by atoms with van der Waals surface area (Å²) in [6.45, 7) is 0.490. The fourth-order valence-electron chi connectivity index (χ4n) is 1.56. The smallest absolute Gasteiger partial charge is 0.251 e. The number of amides is 1. The first kappa shape index (κ1) is 13.1. The van der Waals surface area contributed by atoms with E-state index in [1.54, 1.807) is 35.6 Å². The lowest BCUT2D eigenvalue weighted by molar-refractivity contribution is 0.0951. The molecule has 0 aliphatic heterocycles. The average molecular weight is 275 g/mol. The van der Waals surface area contributed by atoms with Gasteiger partial charge in [0.05, 0.1) is 6.54 Å². The number of amidine groups is 1. The standard InChI is InChI=1S/C13H13N3O2S/c14-12(16-18)9-3-1-4-10(7-9)13(17)15-8-11-5-2-6-19-11/h1-7,18H,8H2,(H2,14,16)(H,15,17). The molecule has 4 N–H and O–H groups in total. The Morgan fingerprint density at radius 1 is 1.32 bits per heavy atom. The zero-order valence-corrected chi connectivity index (χ0v) is 10.9. The lowest BCUT2D eigenvalue weighted by atomic mass is 10.1. The first-order valence-electron chi connectivity index (χ1n) is 5.59. The topological polar surface area (TPSA) is 87.7 Å². The second-order valence-electron chi connectivity index (χ2n) is 3.83. The van der Waals surface area contributed by atoms with Gasteiger partial charge >= 0.3 is 0 Å². The molecule has 0 saturated heterocycles. The number of benzene rings is 1. The van der Waals surface area contributed by atoms with E-state index in [4.69, 9.17) is 10.9 Å². The molecule has 19 heavy (non-hydrogen) atoms. The van der Waals surface area contributed by atoms with Crippen LogP contribution in [0.25, 0.3) is 0 Å². The van der Waals surface area contributed by atoms with Crippen LogP contribution in [0.15, 0.2) is 46.9 Å². The van der Waals surface area contributed by atoms with E-state index in [1.165, 1.54) is 0 Å². The van der Waals surface area contributed by atoms with Crippen LogP contribution in [0.5, 0.6) is 0 Å². The van der Waals surface area contributed by atoms with E-state index in [1.807, 2.05) is 17.5 Å². The maximum Gasteiger partial charge on any atom is 0.251 e. The number of nitrogens with zero attached hydrogens (tertiary/aromatic N) is 1. The highest BCUT2D eigenvalue weighted by Gasteiger charge is 2.08. The normalized spacial score (nSPS) is 11.3. The van der Waals surface area contributed by atoms with E-state index in [9.17, 15) is 4.79 Å². The zero-order valence-electron chi connectivity index (χ0n) is 10.0.